The molecule has 0 aromatic heterocycles. The third kappa shape index (κ3) is 4.75. The summed E-state index contributed by atoms with van der Waals surface area (Å²) >= 11 is 0. The van der Waals surface area contributed by atoms with Crippen LogP contribution >= 0.6 is 0 Å². The lowest BCUT2D eigenvalue weighted by Crippen LogP contribution is -2.57. The zero-order valence-corrected chi connectivity index (χ0v) is 12.7. The SMILES string of the molecule is CCC1COCCN1CCC(C)(NC(C)C)C(N)=O. The normalized spacial score (nSPS) is 24.4. The highest BCUT2D eigenvalue weighted by atomic mass is 16.5. The van der Waals surface area contributed by atoms with Gasteiger partial charge in [-0.15, -0.1) is 0 Å². The first-order valence-corrected chi connectivity index (χ1v) is 7.28. The number of rotatable bonds is 7. The van der Waals surface area contributed by atoms with E-state index >= 15 is 0 Å². The van der Waals surface area contributed by atoms with Gasteiger partial charge in [0.25, 0.3) is 0 Å². The standard InChI is InChI=1S/C14H29N3O2/c1-5-12-10-19-9-8-17(12)7-6-14(4,13(15)18)16-11(2)3/h11-12,16H,5-10H2,1-4H3,(H2,15,18). The predicted octanol–water partition coefficient (Wildman–Crippen LogP) is 0.729. The van der Waals surface area contributed by atoms with Gasteiger partial charge in [0.05, 0.1) is 18.8 Å². The molecule has 0 aliphatic carbocycles. The van der Waals surface area contributed by atoms with Crippen molar-refractivity contribution in [1.29, 1.82) is 0 Å². The summed E-state index contributed by atoms with van der Waals surface area (Å²) in [5.41, 5.74) is 4.92. The minimum absolute atomic E-state index is 0.240. The summed E-state index contributed by atoms with van der Waals surface area (Å²) in [5.74, 6) is -0.275. The Labute approximate surface area is 116 Å². The number of carbonyl (C=O) groups is 1. The molecule has 0 aromatic carbocycles. The van der Waals surface area contributed by atoms with Crippen molar-refractivity contribution in [2.24, 2.45) is 5.73 Å². The van der Waals surface area contributed by atoms with Crippen LogP contribution in [0.25, 0.3) is 0 Å². The Kier molecular flexibility index (Phi) is 6.23. The van der Waals surface area contributed by atoms with Crippen LogP contribution in [0.1, 0.15) is 40.5 Å². The number of morpholine rings is 1. The molecule has 3 N–H and O–H groups in total. The van der Waals surface area contributed by atoms with Crippen molar-refractivity contribution in [3.63, 3.8) is 0 Å². The fraction of sp³-hybridized carbons (Fsp3) is 0.929. The van der Waals surface area contributed by atoms with Crippen molar-refractivity contribution in [3.05, 3.63) is 0 Å². The second kappa shape index (κ2) is 7.22. The smallest absolute Gasteiger partial charge is 0.237 e. The van der Waals surface area contributed by atoms with Gasteiger partial charge in [0.1, 0.15) is 0 Å². The molecular formula is C14H29N3O2. The number of nitrogens with two attached hydrogens (primary N) is 1. The van der Waals surface area contributed by atoms with Gasteiger partial charge in [0.2, 0.25) is 5.91 Å². The average Bonchev–Trinajstić information content (AvgIpc) is 2.35. The number of ether oxygens (including phenoxy) is 1. The van der Waals surface area contributed by atoms with Gasteiger partial charge in [-0.3, -0.25) is 9.69 Å². The monoisotopic (exact) mass is 271 g/mol. The van der Waals surface area contributed by atoms with E-state index in [1.165, 1.54) is 0 Å². The van der Waals surface area contributed by atoms with Gasteiger partial charge >= 0.3 is 0 Å². The third-order valence-corrected chi connectivity index (χ3v) is 3.87. The van der Waals surface area contributed by atoms with Crippen LogP contribution in [0.2, 0.25) is 0 Å². The Hall–Kier alpha value is -0.650. The number of amides is 1. The highest BCUT2D eigenvalue weighted by Crippen LogP contribution is 2.16. The number of hydrogen-bond donors (Lipinski definition) is 2. The van der Waals surface area contributed by atoms with Gasteiger partial charge < -0.3 is 15.8 Å². The molecule has 0 spiro atoms. The summed E-state index contributed by atoms with van der Waals surface area (Å²) in [6.07, 6.45) is 1.81. The molecule has 1 aliphatic heterocycles. The first kappa shape index (κ1) is 16.4. The maximum atomic E-state index is 11.7. The van der Waals surface area contributed by atoms with E-state index in [2.05, 4.69) is 17.1 Å². The van der Waals surface area contributed by atoms with Crippen LogP contribution in [0.15, 0.2) is 0 Å². The van der Waals surface area contributed by atoms with Gasteiger partial charge in [-0.05, 0) is 33.6 Å². The third-order valence-electron chi connectivity index (χ3n) is 3.87. The van der Waals surface area contributed by atoms with Crippen LogP contribution in [0, 0.1) is 0 Å². The highest BCUT2D eigenvalue weighted by Gasteiger charge is 2.33. The van der Waals surface area contributed by atoms with Crippen molar-refractivity contribution >= 4 is 5.91 Å². The molecular weight excluding hydrogens is 242 g/mol. The summed E-state index contributed by atoms with van der Waals surface area (Å²) in [7, 11) is 0. The van der Waals surface area contributed by atoms with Crippen molar-refractivity contribution in [1.82, 2.24) is 10.2 Å². The summed E-state index contributed by atoms with van der Waals surface area (Å²) in [6.45, 7) is 11.5. The van der Waals surface area contributed by atoms with Gasteiger partial charge in [0, 0.05) is 25.2 Å². The maximum absolute atomic E-state index is 11.7. The first-order valence-electron chi connectivity index (χ1n) is 7.28. The molecule has 0 aromatic rings. The van der Waals surface area contributed by atoms with Crippen LogP contribution in [0.3, 0.4) is 0 Å². The van der Waals surface area contributed by atoms with E-state index in [1.54, 1.807) is 0 Å². The summed E-state index contributed by atoms with van der Waals surface area (Å²) in [5, 5.41) is 3.30. The Morgan fingerprint density at radius 1 is 1.58 bits per heavy atom. The molecule has 1 amide bonds. The van der Waals surface area contributed by atoms with E-state index in [0.717, 1.165) is 39.1 Å². The van der Waals surface area contributed by atoms with Crippen molar-refractivity contribution in [2.45, 2.75) is 58.2 Å². The molecule has 0 radical (unpaired) electrons. The largest absolute Gasteiger partial charge is 0.378 e. The molecule has 19 heavy (non-hydrogen) atoms. The van der Waals surface area contributed by atoms with Crippen molar-refractivity contribution < 1.29 is 9.53 Å². The van der Waals surface area contributed by atoms with Crippen molar-refractivity contribution in [2.75, 3.05) is 26.3 Å². The lowest BCUT2D eigenvalue weighted by Gasteiger charge is -2.38. The van der Waals surface area contributed by atoms with Crippen LogP contribution in [0.4, 0.5) is 0 Å². The number of nitrogens with one attached hydrogen (secondary N) is 1. The molecule has 0 saturated carbocycles. The fourth-order valence-electron chi connectivity index (χ4n) is 2.63. The lowest BCUT2D eigenvalue weighted by molar-refractivity contribution is -0.124. The predicted molar refractivity (Wildman–Crippen MR) is 77.0 cm³/mol. The first-order chi connectivity index (χ1) is 8.89. The molecule has 1 rings (SSSR count). The second-order valence-electron chi connectivity index (χ2n) is 5.92. The lowest BCUT2D eigenvalue weighted by atomic mass is 9.95. The topological polar surface area (TPSA) is 67.6 Å². The molecule has 112 valence electrons. The quantitative estimate of drug-likeness (QED) is 0.716. The van der Waals surface area contributed by atoms with Gasteiger partial charge in [0.15, 0.2) is 0 Å². The minimum Gasteiger partial charge on any atom is -0.378 e. The van der Waals surface area contributed by atoms with Crippen LogP contribution in [-0.2, 0) is 9.53 Å². The zero-order valence-electron chi connectivity index (χ0n) is 12.7. The molecule has 1 aliphatic rings. The van der Waals surface area contributed by atoms with E-state index < -0.39 is 5.54 Å². The number of carbonyl (C=O) groups excluding carboxylic acids is 1. The number of primary amides is 1. The molecule has 2 unspecified atom stereocenters. The van der Waals surface area contributed by atoms with Gasteiger partial charge in [-0.1, -0.05) is 6.92 Å². The minimum atomic E-state index is -0.634. The summed E-state index contributed by atoms with van der Waals surface area (Å²) in [6, 6.07) is 0.703. The number of hydrogen-bond acceptors (Lipinski definition) is 4. The maximum Gasteiger partial charge on any atom is 0.237 e. The summed E-state index contributed by atoms with van der Waals surface area (Å²) < 4.78 is 5.50. The van der Waals surface area contributed by atoms with Crippen LogP contribution in [0.5, 0.6) is 0 Å². The Morgan fingerprint density at radius 3 is 2.79 bits per heavy atom. The van der Waals surface area contributed by atoms with Crippen LogP contribution < -0.4 is 11.1 Å². The molecule has 1 saturated heterocycles. The van der Waals surface area contributed by atoms with Gasteiger partial charge in [-0.25, -0.2) is 0 Å². The van der Waals surface area contributed by atoms with E-state index in [9.17, 15) is 4.79 Å². The molecule has 0 bridgehead atoms. The van der Waals surface area contributed by atoms with E-state index in [4.69, 9.17) is 10.5 Å². The highest BCUT2D eigenvalue weighted by molar-refractivity contribution is 5.84. The Balaban J connectivity index is 2.57. The van der Waals surface area contributed by atoms with E-state index in [-0.39, 0.29) is 11.9 Å². The molecule has 1 heterocycles. The van der Waals surface area contributed by atoms with E-state index in [1.807, 2.05) is 20.8 Å². The Bertz CT molecular complexity index is 296. The molecule has 1 fully saturated rings. The van der Waals surface area contributed by atoms with Gasteiger partial charge in [-0.2, -0.15) is 0 Å². The van der Waals surface area contributed by atoms with E-state index in [0.29, 0.717) is 6.04 Å². The molecule has 5 nitrogen and oxygen atoms in total. The zero-order chi connectivity index (χ0) is 14.5. The molecule has 5 heteroatoms. The van der Waals surface area contributed by atoms with Crippen LogP contribution in [-0.4, -0.2) is 54.7 Å². The fourth-order valence-corrected chi connectivity index (χ4v) is 2.63. The molecule has 2 atom stereocenters. The number of nitrogens with zero attached hydrogens (tertiary/aromatic N) is 1. The van der Waals surface area contributed by atoms with Crippen molar-refractivity contribution in [3.8, 4) is 0 Å². The Morgan fingerprint density at radius 2 is 2.26 bits per heavy atom. The second-order valence-corrected chi connectivity index (χ2v) is 5.92. The average molecular weight is 271 g/mol. The summed E-state index contributed by atoms with van der Waals surface area (Å²) in [4.78, 5) is 14.1.